The number of nitrogens with zero attached hydrogens (tertiary/aromatic N) is 2. The number of amides is 4. The lowest BCUT2D eigenvalue weighted by Crippen LogP contribution is -2.46. The van der Waals surface area contributed by atoms with Crippen LogP contribution in [-0.2, 0) is 9.59 Å². The summed E-state index contributed by atoms with van der Waals surface area (Å²) in [4.78, 5) is 41.0. The van der Waals surface area contributed by atoms with E-state index in [0.717, 1.165) is 19.3 Å². The summed E-state index contributed by atoms with van der Waals surface area (Å²) in [6, 6.07) is 10.7. The van der Waals surface area contributed by atoms with Gasteiger partial charge in [0.05, 0.1) is 25.6 Å². The van der Waals surface area contributed by atoms with Crippen molar-refractivity contribution in [2.45, 2.75) is 19.3 Å². The van der Waals surface area contributed by atoms with Crippen molar-refractivity contribution in [2.24, 2.45) is 5.41 Å². The Hall–Kier alpha value is -3.75. The minimum absolute atomic E-state index is 0.0279. The molecule has 2 saturated heterocycles. The lowest BCUT2D eigenvalue weighted by atomic mass is 9.78. The number of hydrogen-bond donors (Lipinski definition) is 2. The number of rotatable bonds is 6. The van der Waals surface area contributed by atoms with E-state index in [1.807, 2.05) is 34.1 Å². The predicted octanol–water partition coefficient (Wildman–Crippen LogP) is 2.96. The van der Waals surface area contributed by atoms with Crippen LogP contribution in [0.2, 0.25) is 0 Å². The molecule has 2 aliphatic heterocycles. The van der Waals surface area contributed by atoms with Gasteiger partial charge in [0.2, 0.25) is 11.8 Å². The molecule has 4 amide bonds. The zero-order valence-electron chi connectivity index (χ0n) is 19.3. The number of urea groups is 1. The van der Waals surface area contributed by atoms with E-state index < -0.39 is 0 Å². The monoisotopic (exact) mass is 466 g/mol. The second kappa shape index (κ2) is 10.5. The van der Waals surface area contributed by atoms with Crippen LogP contribution >= 0.6 is 0 Å². The van der Waals surface area contributed by atoms with Gasteiger partial charge in [-0.3, -0.25) is 9.59 Å². The number of nitrogens with one attached hydrogen (secondary N) is 2. The molecule has 0 aliphatic carbocycles. The molecule has 4 rings (SSSR count). The van der Waals surface area contributed by atoms with E-state index in [-0.39, 0.29) is 29.8 Å². The first-order valence-corrected chi connectivity index (χ1v) is 11.4. The van der Waals surface area contributed by atoms with Gasteiger partial charge >= 0.3 is 6.03 Å². The molecule has 0 atom stereocenters. The van der Waals surface area contributed by atoms with Crippen LogP contribution in [0.15, 0.2) is 53.2 Å². The highest BCUT2D eigenvalue weighted by Crippen LogP contribution is 2.40. The van der Waals surface area contributed by atoms with Gasteiger partial charge in [-0.05, 0) is 55.0 Å². The highest BCUT2D eigenvalue weighted by atomic mass is 16.5. The van der Waals surface area contributed by atoms with Gasteiger partial charge < -0.3 is 29.6 Å². The highest BCUT2D eigenvalue weighted by molar-refractivity contribution is 5.94. The first kappa shape index (κ1) is 23.4. The summed E-state index contributed by atoms with van der Waals surface area (Å²) in [6.45, 7) is 2.57. The highest BCUT2D eigenvalue weighted by Gasteiger charge is 2.42. The van der Waals surface area contributed by atoms with Crippen molar-refractivity contribution in [2.75, 3.05) is 45.2 Å². The molecule has 1 aromatic heterocycles. The molecule has 1 spiro atoms. The molecule has 0 saturated carbocycles. The van der Waals surface area contributed by atoms with Gasteiger partial charge in [-0.25, -0.2) is 4.79 Å². The average molecular weight is 467 g/mol. The fraction of sp³-hybridized carbons (Fsp3) is 0.400. The number of methoxy groups -OCH3 is 1. The van der Waals surface area contributed by atoms with Crippen LogP contribution in [0.5, 0.6) is 5.75 Å². The molecule has 2 fully saturated rings. The maximum absolute atomic E-state index is 12.7. The van der Waals surface area contributed by atoms with Gasteiger partial charge in [0.25, 0.3) is 0 Å². The van der Waals surface area contributed by atoms with E-state index in [1.165, 1.54) is 12.3 Å². The largest absolute Gasteiger partial charge is 0.495 e. The molecular formula is C25H30N4O5. The van der Waals surface area contributed by atoms with Crippen LogP contribution in [0.1, 0.15) is 25.0 Å². The summed E-state index contributed by atoms with van der Waals surface area (Å²) in [6.07, 6.45) is 7.03. The Kier molecular flexibility index (Phi) is 7.20. The molecule has 3 heterocycles. The Morgan fingerprint density at radius 1 is 1.06 bits per heavy atom. The summed E-state index contributed by atoms with van der Waals surface area (Å²) < 4.78 is 10.4. The molecule has 0 radical (unpaired) electrons. The van der Waals surface area contributed by atoms with Gasteiger partial charge in [-0.1, -0.05) is 12.1 Å². The van der Waals surface area contributed by atoms with Crippen LogP contribution in [0.3, 0.4) is 0 Å². The van der Waals surface area contributed by atoms with Crippen LogP contribution in [0, 0.1) is 5.41 Å². The SMILES string of the molecule is COc1ccccc1NC(=O)N1CCC2(CCN(C(=O)CNC(=O)C=Cc3ccco3)C2)CC1. The lowest BCUT2D eigenvalue weighted by molar-refractivity contribution is -0.131. The molecular weight excluding hydrogens is 436 g/mol. The molecule has 9 heteroatoms. The molecule has 180 valence electrons. The molecule has 0 unspecified atom stereocenters. The first-order chi connectivity index (χ1) is 16.5. The Bertz CT molecular complexity index is 1040. The maximum Gasteiger partial charge on any atom is 0.321 e. The molecule has 9 nitrogen and oxygen atoms in total. The summed E-state index contributed by atoms with van der Waals surface area (Å²) in [5.41, 5.74) is 0.675. The minimum Gasteiger partial charge on any atom is -0.495 e. The maximum atomic E-state index is 12.7. The Morgan fingerprint density at radius 3 is 2.50 bits per heavy atom. The van der Waals surface area contributed by atoms with Gasteiger partial charge in [0.1, 0.15) is 11.5 Å². The van der Waals surface area contributed by atoms with E-state index in [1.54, 1.807) is 25.3 Å². The van der Waals surface area contributed by atoms with Crippen LogP contribution in [-0.4, -0.2) is 67.5 Å². The second-order valence-corrected chi connectivity index (χ2v) is 8.75. The normalized spacial score (nSPS) is 17.2. The Balaban J connectivity index is 1.22. The van der Waals surface area contributed by atoms with Crippen molar-refractivity contribution >= 4 is 29.6 Å². The van der Waals surface area contributed by atoms with Gasteiger partial charge in [0.15, 0.2) is 0 Å². The van der Waals surface area contributed by atoms with Crippen molar-refractivity contribution in [3.05, 3.63) is 54.5 Å². The topological polar surface area (TPSA) is 104 Å². The van der Waals surface area contributed by atoms with Crippen molar-refractivity contribution < 1.29 is 23.5 Å². The zero-order valence-corrected chi connectivity index (χ0v) is 19.3. The summed E-state index contributed by atoms with van der Waals surface area (Å²) in [5.74, 6) is 0.768. The fourth-order valence-corrected chi connectivity index (χ4v) is 4.56. The molecule has 2 N–H and O–H groups in total. The Morgan fingerprint density at radius 2 is 1.79 bits per heavy atom. The van der Waals surface area contributed by atoms with Gasteiger partial charge in [-0.2, -0.15) is 0 Å². The fourth-order valence-electron chi connectivity index (χ4n) is 4.56. The standard InChI is InChI=1S/C25H30N4O5/c1-33-21-7-3-2-6-20(21)27-24(32)28-13-10-25(11-14-28)12-15-29(18-25)23(31)17-26-22(30)9-8-19-5-4-16-34-19/h2-9,16H,10-15,17-18H2,1H3,(H,26,30)(H,27,32). The number of piperidine rings is 1. The van der Waals surface area contributed by atoms with Crippen LogP contribution in [0.25, 0.3) is 6.08 Å². The molecule has 1 aromatic carbocycles. The summed E-state index contributed by atoms with van der Waals surface area (Å²) in [5, 5.41) is 5.57. The molecule has 2 aromatic rings. The smallest absolute Gasteiger partial charge is 0.321 e. The van der Waals surface area contributed by atoms with Crippen molar-refractivity contribution in [1.82, 2.24) is 15.1 Å². The van der Waals surface area contributed by atoms with Gasteiger partial charge in [0, 0.05) is 32.3 Å². The number of para-hydroxylation sites is 2. The van der Waals surface area contributed by atoms with E-state index >= 15 is 0 Å². The number of ether oxygens (including phenoxy) is 1. The number of anilines is 1. The molecule has 2 aliphatic rings. The number of hydrogen-bond acceptors (Lipinski definition) is 5. The zero-order chi connectivity index (χ0) is 24.0. The van der Waals surface area contributed by atoms with E-state index in [0.29, 0.717) is 43.4 Å². The van der Waals surface area contributed by atoms with Gasteiger partial charge in [-0.15, -0.1) is 0 Å². The lowest BCUT2D eigenvalue weighted by Gasteiger charge is -2.39. The number of benzene rings is 1. The third-order valence-electron chi connectivity index (χ3n) is 6.61. The number of likely N-dealkylation sites (tertiary alicyclic amines) is 2. The summed E-state index contributed by atoms with van der Waals surface area (Å²) >= 11 is 0. The predicted molar refractivity (Wildman–Crippen MR) is 127 cm³/mol. The molecule has 0 bridgehead atoms. The minimum atomic E-state index is -0.340. The van der Waals surface area contributed by atoms with Crippen molar-refractivity contribution in [3.63, 3.8) is 0 Å². The van der Waals surface area contributed by atoms with Crippen LogP contribution in [0.4, 0.5) is 10.5 Å². The van der Waals surface area contributed by atoms with Crippen molar-refractivity contribution in [3.8, 4) is 5.75 Å². The average Bonchev–Trinajstić information content (AvgIpc) is 3.52. The molecule has 34 heavy (non-hydrogen) atoms. The number of carbonyl (C=O) groups is 3. The van der Waals surface area contributed by atoms with Crippen molar-refractivity contribution in [1.29, 1.82) is 0 Å². The number of furan rings is 1. The van der Waals surface area contributed by atoms with E-state index in [2.05, 4.69) is 10.6 Å². The number of carbonyl (C=O) groups excluding carboxylic acids is 3. The summed E-state index contributed by atoms with van der Waals surface area (Å²) in [7, 11) is 1.58. The second-order valence-electron chi connectivity index (χ2n) is 8.75. The van der Waals surface area contributed by atoms with E-state index in [4.69, 9.17) is 9.15 Å². The Labute approximate surface area is 198 Å². The quantitative estimate of drug-likeness (QED) is 0.637. The third kappa shape index (κ3) is 5.59. The first-order valence-electron chi connectivity index (χ1n) is 11.4. The van der Waals surface area contributed by atoms with Crippen LogP contribution < -0.4 is 15.4 Å². The third-order valence-corrected chi connectivity index (χ3v) is 6.61. The van der Waals surface area contributed by atoms with E-state index in [9.17, 15) is 14.4 Å².